The van der Waals surface area contributed by atoms with Crippen LogP contribution in [0.2, 0.25) is 0 Å². The van der Waals surface area contributed by atoms with E-state index in [2.05, 4.69) is 6.58 Å². The first-order chi connectivity index (χ1) is 7.99. The second kappa shape index (κ2) is 5.62. The number of rotatable bonds is 5. The minimum absolute atomic E-state index is 0.156. The third kappa shape index (κ3) is 2.93. The van der Waals surface area contributed by atoms with Crippen molar-refractivity contribution >= 4 is 11.5 Å². The number of Topliss-reactive ketones (excluding diaryl/α,β-unsaturated/α-hetero) is 1. The quantitative estimate of drug-likeness (QED) is 0.575. The van der Waals surface area contributed by atoms with Gasteiger partial charge in [-0.15, -0.1) is 6.58 Å². The van der Waals surface area contributed by atoms with E-state index in [-0.39, 0.29) is 17.4 Å². The lowest BCUT2D eigenvalue weighted by atomic mass is 10.1. The van der Waals surface area contributed by atoms with E-state index in [0.29, 0.717) is 12.2 Å². The number of ketones is 1. The lowest BCUT2D eigenvalue weighted by Gasteiger charge is -2.29. The molecule has 2 nitrogen and oxygen atoms in total. The van der Waals surface area contributed by atoms with Crippen LogP contribution in [0.25, 0.3) is 0 Å². The molecule has 0 atom stereocenters. The fraction of sp³-hybridized carbons (Fsp3) is 0.357. The Labute approximate surface area is 102 Å². The molecular weight excluding hydrogens is 217 g/mol. The van der Waals surface area contributed by atoms with Crippen LogP contribution in [-0.2, 0) is 0 Å². The molecule has 1 aromatic carbocycles. The molecule has 0 aliphatic rings. The maximum absolute atomic E-state index is 13.7. The molecule has 0 aliphatic carbocycles. The van der Waals surface area contributed by atoms with Gasteiger partial charge in [0.15, 0.2) is 5.78 Å². The molecule has 0 aromatic heterocycles. The highest BCUT2D eigenvalue weighted by Gasteiger charge is 2.18. The molecule has 0 heterocycles. The van der Waals surface area contributed by atoms with Gasteiger partial charge in [0.1, 0.15) is 5.82 Å². The largest absolute Gasteiger partial charge is 0.365 e. The summed E-state index contributed by atoms with van der Waals surface area (Å²) in [5, 5.41) is 0. The minimum Gasteiger partial charge on any atom is -0.365 e. The fourth-order valence-electron chi connectivity index (χ4n) is 1.83. The number of halogens is 1. The topological polar surface area (TPSA) is 20.3 Å². The highest BCUT2D eigenvalue weighted by Crippen LogP contribution is 2.25. The Hall–Kier alpha value is -1.64. The van der Waals surface area contributed by atoms with Crippen molar-refractivity contribution in [1.82, 2.24) is 0 Å². The van der Waals surface area contributed by atoms with Gasteiger partial charge >= 0.3 is 0 Å². The van der Waals surface area contributed by atoms with Gasteiger partial charge in [-0.1, -0.05) is 12.1 Å². The number of hydrogen-bond donors (Lipinski definition) is 0. The summed E-state index contributed by atoms with van der Waals surface area (Å²) >= 11 is 0. The average Bonchev–Trinajstić information content (AvgIpc) is 2.24. The number of hydrogen-bond acceptors (Lipinski definition) is 2. The number of carbonyl (C=O) groups excluding carboxylic acids is 1. The Morgan fingerprint density at radius 1 is 1.53 bits per heavy atom. The van der Waals surface area contributed by atoms with Gasteiger partial charge in [0.2, 0.25) is 0 Å². The Kier molecular flexibility index (Phi) is 4.44. The zero-order chi connectivity index (χ0) is 13.0. The summed E-state index contributed by atoms with van der Waals surface area (Å²) in [6, 6.07) is 4.87. The van der Waals surface area contributed by atoms with Crippen molar-refractivity contribution in [2.24, 2.45) is 0 Å². The molecule has 1 rings (SSSR count). The van der Waals surface area contributed by atoms with Crippen LogP contribution in [-0.4, -0.2) is 18.4 Å². The molecular formula is C14H18FNO. The molecule has 0 radical (unpaired) electrons. The zero-order valence-electron chi connectivity index (χ0n) is 10.5. The van der Waals surface area contributed by atoms with Crippen LogP contribution in [0.3, 0.4) is 0 Å². The zero-order valence-corrected chi connectivity index (χ0v) is 10.5. The molecule has 3 heteroatoms. The van der Waals surface area contributed by atoms with E-state index >= 15 is 0 Å². The van der Waals surface area contributed by atoms with E-state index in [1.807, 2.05) is 18.7 Å². The lowest BCUT2D eigenvalue weighted by Crippen LogP contribution is -2.32. The molecule has 17 heavy (non-hydrogen) atoms. The minimum atomic E-state index is -0.468. The third-order valence-corrected chi connectivity index (χ3v) is 2.60. The molecule has 0 amide bonds. The number of anilines is 1. The van der Waals surface area contributed by atoms with Crippen LogP contribution in [0.5, 0.6) is 0 Å². The van der Waals surface area contributed by atoms with Crippen molar-refractivity contribution in [1.29, 1.82) is 0 Å². The summed E-state index contributed by atoms with van der Waals surface area (Å²) in [4.78, 5) is 13.5. The SMILES string of the molecule is C=CCN(c1cccc(F)c1C(C)=O)C(C)C. The monoisotopic (exact) mass is 235 g/mol. The Balaban J connectivity index is 3.32. The molecule has 0 bridgehead atoms. The van der Waals surface area contributed by atoms with E-state index in [9.17, 15) is 9.18 Å². The fourth-order valence-corrected chi connectivity index (χ4v) is 1.83. The molecule has 92 valence electrons. The number of nitrogens with zero attached hydrogens (tertiary/aromatic N) is 1. The van der Waals surface area contributed by atoms with E-state index in [4.69, 9.17) is 0 Å². The Bertz CT molecular complexity index is 426. The predicted molar refractivity (Wildman–Crippen MR) is 69.1 cm³/mol. The molecule has 0 unspecified atom stereocenters. The first-order valence-electron chi connectivity index (χ1n) is 5.66. The van der Waals surface area contributed by atoms with Crippen LogP contribution in [0, 0.1) is 5.82 Å². The third-order valence-electron chi connectivity index (χ3n) is 2.60. The average molecular weight is 235 g/mol. The first kappa shape index (κ1) is 13.4. The summed E-state index contributed by atoms with van der Waals surface area (Å²) in [6.07, 6.45) is 1.74. The van der Waals surface area contributed by atoms with Gasteiger partial charge in [-0.05, 0) is 32.9 Å². The molecule has 0 N–H and O–H groups in total. The first-order valence-corrected chi connectivity index (χ1v) is 5.66. The number of carbonyl (C=O) groups is 1. The van der Waals surface area contributed by atoms with Gasteiger partial charge in [-0.2, -0.15) is 0 Å². The van der Waals surface area contributed by atoms with E-state index in [1.54, 1.807) is 18.2 Å². The molecule has 0 spiro atoms. The Morgan fingerprint density at radius 2 is 2.18 bits per heavy atom. The number of benzene rings is 1. The maximum atomic E-state index is 13.7. The van der Waals surface area contributed by atoms with Crippen LogP contribution in [0.1, 0.15) is 31.1 Å². The van der Waals surface area contributed by atoms with Crippen molar-refractivity contribution in [2.75, 3.05) is 11.4 Å². The van der Waals surface area contributed by atoms with Crippen molar-refractivity contribution < 1.29 is 9.18 Å². The Morgan fingerprint density at radius 3 is 2.65 bits per heavy atom. The highest BCUT2D eigenvalue weighted by molar-refractivity contribution is 6.00. The summed E-state index contributed by atoms with van der Waals surface area (Å²) in [5.41, 5.74) is 0.787. The second-order valence-electron chi connectivity index (χ2n) is 4.22. The van der Waals surface area contributed by atoms with Crippen LogP contribution in [0.4, 0.5) is 10.1 Å². The van der Waals surface area contributed by atoms with Gasteiger partial charge in [-0.25, -0.2) is 4.39 Å². The summed E-state index contributed by atoms with van der Waals surface area (Å²) in [5.74, 6) is -0.725. The smallest absolute Gasteiger partial charge is 0.164 e. The van der Waals surface area contributed by atoms with Crippen molar-refractivity contribution in [3.63, 3.8) is 0 Å². The lowest BCUT2D eigenvalue weighted by molar-refractivity contribution is 0.101. The predicted octanol–water partition coefficient (Wildman–Crippen LogP) is 3.43. The summed E-state index contributed by atoms with van der Waals surface area (Å²) < 4.78 is 13.7. The van der Waals surface area contributed by atoms with E-state index in [0.717, 1.165) is 0 Å². The van der Waals surface area contributed by atoms with Crippen LogP contribution >= 0.6 is 0 Å². The molecule has 0 saturated heterocycles. The molecule has 0 aliphatic heterocycles. The van der Waals surface area contributed by atoms with E-state index < -0.39 is 5.82 Å². The maximum Gasteiger partial charge on any atom is 0.164 e. The van der Waals surface area contributed by atoms with Gasteiger partial charge in [-0.3, -0.25) is 4.79 Å². The van der Waals surface area contributed by atoms with Crippen molar-refractivity contribution in [3.8, 4) is 0 Å². The molecule has 0 fully saturated rings. The van der Waals surface area contributed by atoms with Crippen molar-refractivity contribution in [3.05, 3.63) is 42.2 Å². The second-order valence-corrected chi connectivity index (χ2v) is 4.22. The summed E-state index contributed by atoms with van der Waals surface area (Å²) in [6.45, 7) is 9.65. The normalized spacial score (nSPS) is 10.4. The van der Waals surface area contributed by atoms with Gasteiger partial charge in [0.25, 0.3) is 0 Å². The van der Waals surface area contributed by atoms with Gasteiger partial charge < -0.3 is 4.90 Å². The van der Waals surface area contributed by atoms with Crippen LogP contribution in [0.15, 0.2) is 30.9 Å². The van der Waals surface area contributed by atoms with Crippen LogP contribution < -0.4 is 4.90 Å². The summed E-state index contributed by atoms with van der Waals surface area (Å²) in [7, 11) is 0. The van der Waals surface area contributed by atoms with Crippen molar-refractivity contribution in [2.45, 2.75) is 26.8 Å². The standard InChI is InChI=1S/C14H18FNO/c1-5-9-16(10(2)3)13-8-6-7-12(15)14(13)11(4)17/h5-8,10H,1,9H2,2-4H3. The molecule has 1 aromatic rings. The molecule has 0 saturated carbocycles. The van der Waals surface area contributed by atoms with Gasteiger partial charge in [0, 0.05) is 12.6 Å². The van der Waals surface area contributed by atoms with E-state index in [1.165, 1.54) is 13.0 Å². The highest BCUT2D eigenvalue weighted by atomic mass is 19.1. The van der Waals surface area contributed by atoms with Gasteiger partial charge in [0.05, 0.1) is 11.3 Å².